The number of fused-ring (bicyclic) bond motifs is 1. The summed E-state index contributed by atoms with van der Waals surface area (Å²) in [6.07, 6.45) is 3.18. The monoisotopic (exact) mass is 309 g/mol. The van der Waals surface area contributed by atoms with E-state index in [-0.39, 0.29) is 18.0 Å². The van der Waals surface area contributed by atoms with Crippen molar-refractivity contribution in [2.75, 3.05) is 5.32 Å². The van der Waals surface area contributed by atoms with Gasteiger partial charge in [0.2, 0.25) is 5.91 Å². The normalized spacial score (nSPS) is 17.5. The molecular weight excluding hydrogens is 286 g/mol. The van der Waals surface area contributed by atoms with Crippen LogP contribution < -0.4 is 5.32 Å². The van der Waals surface area contributed by atoms with Crippen molar-refractivity contribution in [2.24, 2.45) is 5.92 Å². The van der Waals surface area contributed by atoms with Crippen molar-refractivity contribution in [3.05, 3.63) is 16.0 Å². The smallest absolute Gasteiger partial charge is 0.341 e. The molecule has 1 aromatic heterocycles. The van der Waals surface area contributed by atoms with Crippen LogP contribution in [0.5, 0.6) is 0 Å². The lowest BCUT2D eigenvalue weighted by atomic mass is 9.88. The van der Waals surface area contributed by atoms with E-state index in [9.17, 15) is 9.59 Å². The van der Waals surface area contributed by atoms with Crippen LogP contribution in [0.1, 0.15) is 61.3 Å². The van der Waals surface area contributed by atoms with Gasteiger partial charge in [0.05, 0.1) is 11.7 Å². The van der Waals surface area contributed by atoms with Gasteiger partial charge >= 0.3 is 5.97 Å². The van der Waals surface area contributed by atoms with Crippen molar-refractivity contribution in [3.63, 3.8) is 0 Å². The molecule has 116 valence electrons. The summed E-state index contributed by atoms with van der Waals surface area (Å²) in [4.78, 5) is 25.3. The summed E-state index contributed by atoms with van der Waals surface area (Å²) in [6.45, 7) is 7.70. The van der Waals surface area contributed by atoms with Crippen LogP contribution in [0.15, 0.2) is 0 Å². The lowest BCUT2D eigenvalue weighted by Gasteiger charge is -2.18. The third-order valence-electron chi connectivity index (χ3n) is 3.63. The van der Waals surface area contributed by atoms with Crippen molar-refractivity contribution in [2.45, 2.75) is 59.5 Å². The predicted molar refractivity (Wildman–Crippen MR) is 85.0 cm³/mol. The van der Waals surface area contributed by atoms with E-state index in [4.69, 9.17) is 4.74 Å². The Bertz CT molecular complexity index is 548. The van der Waals surface area contributed by atoms with E-state index in [1.807, 2.05) is 13.8 Å². The molecule has 0 fully saturated rings. The molecule has 1 aromatic rings. The van der Waals surface area contributed by atoms with E-state index in [2.05, 4.69) is 12.2 Å². The van der Waals surface area contributed by atoms with Gasteiger partial charge in [-0.25, -0.2) is 4.79 Å². The lowest BCUT2D eigenvalue weighted by Crippen LogP contribution is -2.18. The van der Waals surface area contributed by atoms with Crippen LogP contribution in [0.2, 0.25) is 0 Å². The van der Waals surface area contributed by atoms with Gasteiger partial charge in [0, 0.05) is 11.3 Å². The van der Waals surface area contributed by atoms with Gasteiger partial charge in [-0.15, -0.1) is 11.3 Å². The maximum atomic E-state index is 12.4. The van der Waals surface area contributed by atoms with Crippen LogP contribution in [0.4, 0.5) is 5.00 Å². The Morgan fingerprint density at radius 1 is 1.43 bits per heavy atom. The number of nitrogens with one attached hydrogen (secondary N) is 1. The zero-order valence-electron chi connectivity index (χ0n) is 13.1. The summed E-state index contributed by atoms with van der Waals surface area (Å²) < 4.78 is 5.36. The maximum absolute atomic E-state index is 12.4. The van der Waals surface area contributed by atoms with Crippen LogP contribution in [0, 0.1) is 5.92 Å². The summed E-state index contributed by atoms with van der Waals surface area (Å²) in [7, 11) is 0. The van der Waals surface area contributed by atoms with Crippen LogP contribution in [-0.4, -0.2) is 18.0 Å². The molecule has 1 N–H and O–H groups in total. The molecule has 0 aliphatic heterocycles. The Kier molecular flexibility index (Phi) is 5.04. The number of carbonyl (C=O) groups is 2. The first kappa shape index (κ1) is 16.0. The summed E-state index contributed by atoms with van der Waals surface area (Å²) in [5.74, 6) is 0.239. The minimum Gasteiger partial charge on any atom is -0.459 e. The molecule has 21 heavy (non-hydrogen) atoms. The third kappa shape index (κ3) is 3.64. The highest BCUT2D eigenvalue weighted by Gasteiger charge is 2.29. The average molecular weight is 309 g/mol. The number of amides is 1. The number of rotatable bonds is 4. The van der Waals surface area contributed by atoms with Crippen LogP contribution in [0.3, 0.4) is 0 Å². The zero-order chi connectivity index (χ0) is 15.6. The molecule has 0 spiro atoms. The van der Waals surface area contributed by atoms with Crippen LogP contribution >= 0.6 is 11.3 Å². The van der Waals surface area contributed by atoms with Gasteiger partial charge in [0.1, 0.15) is 5.00 Å². The molecule has 0 radical (unpaired) electrons. The van der Waals surface area contributed by atoms with Gasteiger partial charge < -0.3 is 10.1 Å². The van der Waals surface area contributed by atoms with Gasteiger partial charge in [-0.1, -0.05) is 13.8 Å². The molecule has 1 heterocycles. The van der Waals surface area contributed by atoms with Gasteiger partial charge in [-0.3, -0.25) is 4.79 Å². The highest BCUT2D eigenvalue weighted by Crippen LogP contribution is 2.40. The van der Waals surface area contributed by atoms with E-state index in [1.54, 1.807) is 6.92 Å². The molecule has 0 saturated heterocycles. The van der Waals surface area contributed by atoms with E-state index in [0.717, 1.165) is 24.8 Å². The zero-order valence-corrected chi connectivity index (χ0v) is 13.9. The van der Waals surface area contributed by atoms with E-state index in [0.29, 0.717) is 22.9 Å². The summed E-state index contributed by atoms with van der Waals surface area (Å²) in [5, 5.41) is 3.52. The maximum Gasteiger partial charge on any atom is 0.341 e. The molecule has 4 nitrogen and oxygen atoms in total. The number of carbonyl (C=O) groups excluding carboxylic acids is 2. The van der Waals surface area contributed by atoms with Crippen molar-refractivity contribution in [1.29, 1.82) is 0 Å². The fraction of sp³-hybridized carbons (Fsp3) is 0.625. The number of anilines is 1. The minimum absolute atomic E-state index is 0.0692. The Morgan fingerprint density at radius 3 is 2.76 bits per heavy atom. The van der Waals surface area contributed by atoms with E-state index >= 15 is 0 Å². The Balaban J connectivity index is 2.38. The number of esters is 1. The number of thiophene rings is 1. The number of ether oxygens (including phenoxy) is 1. The van der Waals surface area contributed by atoms with Gasteiger partial charge in [0.15, 0.2) is 0 Å². The first-order valence-electron chi connectivity index (χ1n) is 7.57. The number of hydrogen-bond donors (Lipinski definition) is 1. The summed E-state index contributed by atoms with van der Waals surface area (Å²) >= 11 is 1.53. The molecule has 1 amide bonds. The quantitative estimate of drug-likeness (QED) is 0.861. The van der Waals surface area contributed by atoms with E-state index < -0.39 is 0 Å². The lowest BCUT2D eigenvalue weighted by molar-refractivity contribution is -0.115. The van der Waals surface area contributed by atoms with Crippen LogP contribution in [0.25, 0.3) is 0 Å². The largest absolute Gasteiger partial charge is 0.459 e. The molecule has 0 bridgehead atoms. The fourth-order valence-electron chi connectivity index (χ4n) is 2.54. The Labute approximate surface area is 129 Å². The molecule has 1 atom stereocenters. The minimum atomic E-state index is -0.316. The molecule has 1 aliphatic carbocycles. The topological polar surface area (TPSA) is 55.4 Å². The molecule has 5 heteroatoms. The molecular formula is C16H23NO3S. The fourth-order valence-corrected chi connectivity index (χ4v) is 3.96. The predicted octanol–water partition coefficient (Wildman–Crippen LogP) is 3.79. The molecule has 0 aromatic carbocycles. The second-order valence-corrected chi connectivity index (χ2v) is 7.02. The van der Waals surface area contributed by atoms with Crippen LogP contribution in [-0.2, 0) is 22.4 Å². The highest BCUT2D eigenvalue weighted by molar-refractivity contribution is 7.17. The first-order chi connectivity index (χ1) is 9.92. The molecule has 1 aliphatic rings. The molecule has 0 unspecified atom stereocenters. The van der Waals surface area contributed by atoms with Gasteiger partial charge in [-0.2, -0.15) is 0 Å². The summed E-state index contributed by atoms with van der Waals surface area (Å²) in [6, 6.07) is 0. The van der Waals surface area contributed by atoms with Gasteiger partial charge in [0.25, 0.3) is 0 Å². The first-order valence-corrected chi connectivity index (χ1v) is 8.39. The average Bonchev–Trinajstić information content (AvgIpc) is 2.74. The molecule has 0 saturated carbocycles. The SMILES string of the molecule is CCC(=O)Nc1sc2c(c1C(=O)OC(C)C)CC[C@H](C)C2. The van der Waals surface area contributed by atoms with Crippen molar-refractivity contribution in [3.8, 4) is 0 Å². The highest BCUT2D eigenvalue weighted by atomic mass is 32.1. The number of hydrogen-bond acceptors (Lipinski definition) is 4. The third-order valence-corrected chi connectivity index (χ3v) is 4.80. The Morgan fingerprint density at radius 2 is 2.14 bits per heavy atom. The van der Waals surface area contributed by atoms with E-state index in [1.165, 1.54) is 16.2 Å². The van der Waals surface area contributed by atoms with Crippen molar-refractivity contribution >= 4 is 28.2 Å². The second-order valence-electron chi connectivity index (χ2n) is 5.91. The standard InChI is InChI=1S/C16H23NO3S/c1-5-13(18)17-15-14(16(19)20-9(2)3)11-7-6-10(4)8-12(11)21-15/h9-10H,5-8H2,1-4H3,(H,17,18)/t10-/m0/s1. The summed E-state index contributed by atoms with van der Waals surface area (Å²) in [5.41, 5.74) is 1.66. The van der Waals surface area contributed by atoms with Crippen molar-refractivity contribution < 1.29 is 14.3 Å². The van der Waals surface area contributed by atoms with Crippen molar-refractivity contribution in [1.82, 2.24) is 0 Å². The van der Waals surface area contributed by atoms with Gasteiger partial charge in [-0.05, 0) is 44.6 Å². The molecule has 2 rings (SSSR count). The Hall–Kier alpha value is -1.36. The second kappa shape index (κ2) is 6.60.